The van der Waals surface area contributed by atoms with E-state index in [9.17, 15) is 92.3 Å². The molecule has 0 spiro atoms. The maximum absolute atomic E-state index is 15.4. The van der Waals surface area contributed by atoms with Crippen molar-refractivity contribution in [3.05, 3.63) is 144 Å². The zero-order chi connectivity index (χ0) is 93.8. The maximum Gasteiger partial charge on any atom is 0.327 e. The van der Waals surface area contributed by atoms with Gasteiger partial charge >= 0.3 is 5.97 Å². The van der Waals surface area contributed by atoms with E-state index in [1.165, 1.54) is 6.92 Å². The molecular formula is C82H115N21O22S2. The average molecular weight is 1810 g/mol. The molecule has 5 aromatic rings. The fraction of sp³-hybridized carbons (Fsp3) is 0.463. The third-order valence-corrected chi connectivity index (χ3v) is 20.3. The molecule has 45 heteroatoms. The molecule has 29 N–H and O–H groups in total. The van der Waals surface area contributed by atoms with Crippen molar-refractivity contribution in [3.63, 3.8) is 0 Å². The van der Waals surface area contributed by atoms with E-state index in [0.29, 0.717) is 39.6 Å². The number of aromatic amines is 1. The van der Waals surface area contributed by atoms with Crippen molar-refractivity contribution < 1.29 is 107 Å². The van der Waals surface area contributed by atoms with Crippen LogP contribution >= 0.6 is 25.3 Å². The maximum atomic E-state index is 15.4. The number of hydrogen-bond acceptors (Lipinski definition) is 26. The highest BCUT2D eigenvalue weighted by atomic mass is 32.1. The molecule has 1 aromatic heterocycles. The van der Waals surface area contributed by atoms with E-state index in [4.69, 9.17) is 22.9 Å². The van der Waals surface area contributed by atoms with E-state index in [-0.39, 0.29) is 88.9 Å². The number of amides is 17. The minimum Gasteiger partial charge on any atom is -0.480 e. The number of primary amides is 1. The number of H-pyrrole nitrogens is 1. The summed E-state index contributed by atoms with van der Waals surface area (Å²) >= 11 is 8.10. The summed E-state index contributed by atoms with van der Waals surface area (Å²) in [4.78, 5) is 249. The van der Waals surface area contributed by atoms with Gasteiger partial charge in [0.05, 0.1) is 51.4 Å². The molecule has 5 rings (SSSR count). The summed E-state index contributed by atoms with van der Waals surface area (Å²) in [6.45, 7) is 0.515. The Bertz CT molecular complexity index is 4560. The number of aromatic nitrogens is 1. The molecule has 692 valence electrons. The topological polar surface area (TPSA) is 701 Å². The third-order valence-electron chi connectivity index (χ3n) is 19.5. The zero-order valence-electron chi connectivity index (χ0n) is 70.2. The molecule has 15 atom stereocenters. The van der Waals surface area contributed by atoms with Crippen molar-refractivity contribution in [1.29, 1.82) is 0 Å². The van der Waals surface area contributed by atoms with Gasteiger partial charge in [-0.1, -0.05) is 109 Å². The first kappa shape index (κ1) is 105. The number of unbranched alkanes of at least 4 members (excludes halogenated alkanes) is 2. The second kappa shape index (κ2) is 55.0. The summed E-state index contributed by atoms with van der Waals surface area (Å²) in [5.74, 6) is -19.3. The van der Waals surface area contributed by atoms with Crippen LogP contribution < -0.4 is 108 Å². The lowest BCUT2D eigenvalue weighted by Crippen LogP contribution is -2.63. The van der Waals surface area contributed by atoms with Crippen LogP contribution in [0, 0.1) is 0 Å². The summed E-state index contributed by atoms with van der Waals surface area (Å²) in [5.41, 5.74) is 25.0. The Morgan fingerprint density at radius 1 is 0.370 bits per heavy atom. The number of para-hydroxylation sites is 1. The van der Waals surface area contributed by atoms with Gasteiger partial charge in [0.1, 0.15) is 78.5 Å². The normalized spacial score (nSPS) is 14.6. The van der Waals surface area contributed by atoms with Crippen molar-refractivity contribution in [3.8, 4) is 0 Å². The number of aliphatic hydroxyl groups excluding tert-OH is 3. The summed E-state index contributed by atoms with van der Waals surface area (Å²) < 4.78 is 0. The molecule has 0 fully saturated rings. The summed E-state index contributed by atoms with van der Waals surface area (Å²) in [5, 5.41) is 81.0. The number of rotatable bonds is 56. The first-order chi connectivity index (χ1) is 60.5. The predicted molar refractivity (Wildman–Crippen MR) is 467 cm³/mol. The number of benzene rings is 4. The van der Waals surface area contributed by atoms with Gasteiger partial charge in [0.2, 0.25) is 100 Å². The summed E-state index contributed by atoms with van der Waals surface area (Å²) in [6, 6.07) is 9.87. The second-order valence-electron chi connectivity index (χ2n) is 29.6. The van der Waals surface area contributed by atoms with Gasteiger partial charge in [-0.2, -0.15) is 25.3 Å². The number of carbonyl (C=O) groups excluding carboxylic acids is 17. The van der Waals surface area contributed by atoms with Crippen molar-refractivity contribution >= 4 is 143 Å². The third kappa shape index (κ3) is 36.4. The summed E-state index contributed by atoms with van der Waals surface area (Å²) in [6.07, 6.45) is -3.42. The number of aliphatic hydroxyl groups is 3. The minimum atomic E-state index is -1.93. The Labute approximate surface area is 741 Å². The summed E-state index contributed by atoms with van der Waals surface area (Å²) in [7, 11) is 0. The number of fused-ring (bicyclic) bond motifs is 1. The Balaban J connectivity index is 1.42. The number of carboxylic acids is 1. The van der Waals surface area contributed by atoms with Crippen molar-refractivity contribution in [2.24, 2.45) is 22.9 Å². The highest BCUT2D eigenvalue weighted by molar-refractivity contribution is 7.80. The second-order valence-corrected chi connectivity index (χ2v) is 30.4. The Morgan fingerprint density at radius 3 is 1.17 bits per heavy atom. The molecule has 127 heavy (non-hydrogen) atoms. The van der Waals surface area contributed by atoms with Crippen LogP contribution in [0.3, 0.4) is 0 Å². The molecule has 0 bridgehead atoms. The molecule has 0 aliphatic rings. The average Bonchev–Trinajstić information content (AvgIpc) is 1.62. The smallest absolute Gasteiger partial charge is 0.327 e. The highest BCUT2D eigenvalue weighted by Gasteiger charge is 2.40. The van der Waals surface area contributed by atoms with E-state index in [1.54, 1.807) is 121 Å². The number of hydrogen-bond donors (Lipinski definition) is 27. The van der Waals surface area contributed by atoms with Crippen LogP contribution in [0.2, 0.25) is 0 Å². The first-order valence-electron chi connectivity index (χ1n) is 40.7. The molecule has 0 aliphatic carbocycles. The molecule has 17 amide bonds. The van der Waals surface area contributed by atoms with Gasteiger partial charge in [-0.25, -0.2) is 4.79 Å². The van der Waals surface area contributed by atoms with E-state index in [2.05, 4.69) is 115 Å². The van der Waals surface area contributed by atoms with E-state index in [0.717, 1.165) is 13.8 Å². The first-order valence-corrected chi connectivity index (χ1v) is 42.0. The van der Waals surface area contributed by atoms with Crippen LogP contribution in [0.25, 0.3) is 10.9 Å². The van der Waals surface area contributed by atoms with Crippen molar-refractivity contribution in [2.75, 3.05) is 57.4 Å². The van der Waals surface area contributed by atoms with Gasteiger partial charge in [0.25, 0.3) is 0 Å². The van der Waals surface area contributed by atoms with Gasteiger partial charge in [0, 0.05) is 54.3 Å². The Hall–Kier alpha value is -12.7. The quantitative estimate of drug-likeness (QED) is 0.0127. The van der Waals surface area contributed by atoms with Crippen LogP contribution in [0.15, 0.2) is 121 Å². The fourth-order valence-electron chi connectivity index (χ4n) is 12.6. The Kier molecular flexibility index (Phi) is 45.4. The molecule has 0 radical (unpaired) electrons. The van der Waals surface area contributed by atoms with Gasteiger partial charge in [-0.3, -0.25) is 81.5 Å². The van der Waals surface area contributed by atoms with Gasteiger partial charge in [-0.15, -0.1) is 0 Å². The Morgan fingerprint density at radius 2 is 0.724 bits per heavy atom. The monoisotopic (exact) mass is 1810 g/mol. The molecule has 15 unspecified atom stereocenters. The number of carbonyl (C=O) groups is 18. The molecule has 0 saturated heterocycles. The number of carboxylic acid groups (broad SMARTS) is 1. The van der Waals surface area contributed by atoms with Crippen LogP contribution in [0.4, 0.5) is 0 Å². The molecule has 0 saturated carbocycles. The highest BCUT2D eigenvalue weighted by Crippen LogP contribution is 2.21. The van der Waals surface area contributed by atoms with Gasteiger partial charge in [-0.05, 0) is 101 Å². The lowest BCUT2D eigenvalue weighted by Gasteiger charge is -2.29. The molecular weight excluding hydrogens is 1700 g/mol. The fourth-order valence-corrected chi connectivity index (χ4v) is 13.1. The lowest BCUT2D eigenvalue weighted by molar-refractivity contribution is -0.142. The zero-order valence-corrected chi connectivity index (χ0v) is 72.0. The minimum absolute atomic E-state index is 0.109. The number of aliphatic carboxylic acids is 1. The van der Waals surface area contributed by atoms with E-state index >= 15 is 14.4 Å². The molecule has 1 heterocycles. The number of thiol groups is 2. The van der Waals surface area contributed by atoms with Crippen molar-refractivity contribution in [1.82, 2.24) is 90.1 Å². The molecule has 0 aliphatic heterocycles. The SMILES string of the molecule is CC(NC(=O)CNC(=O)CNC(=O)CN)C(=O)NCC(=O)NC(CS)C(=O)NC(CCCCN)C(=O)NC(CC(N)=O)C(=O)NC(Cc1ccccc1)C(=O)NC(Cc1ccccc1)C(=O)NC(Cc1c[nH]c2ccccc12)C(=O)NC(CCCCN)C(=O)NC(C(=O)NC(Cc1ccccc1)C(=O)NC(C(=O)NC(CO)C(=O)NC(CS)C(=O)O)C(C)O)C(C)O. The predicted octanol–water partition coefficient (Wildman–Crippen LogP) is -8.10. The van der Waals surface area contributed by atoms with E-state index in [1.807, 2.05) is 0 Å². The number of nitrogens with one attached hydrogen (secondary N) is 17. The van der Waals surface area contributed by atoms with E-state index < -0.39 is 230 Å². The lowest BCUT2D eigenvalue weighted by atomic mass is 10.00. The number of nitrogens with two attached hydrogens (primary N) is 4. The molecule has 4 aromatic carbocycles. The standard InChI is InChI=1S/C82H115N21O22S2/c1-44(91-66(110)39-89-65(109)38-88-64(108)36-85)70(112)90-40-67(111)92-61(42-126)79(121)94-53(27-15-17-29-83)71(113)98-59(35-63(86)107)76(118)96-55(31-47-19-7-4-8-20-47)73(115)95-56(32-48-21-9-5-10-22-48)74(116)97-58(34-50-37-87-52-26-14-13-25-51(50)52)75(117)93-54(28-16-18-30-84)72(114)102-68(45(2)105)80(122)99-57(33-49-23-11-6-12-24-49)77(119)103-69(46(3)106)81(123)100-60(41-104)78(120)101-62(43-127)82(124)125/h4-14,19-26,37,44-46,53-62,68-69,87,104-106,126-127H,15-18,27-36,38-43,83-85H2,1-3H3,(H2,86,107)(H,88,108)(H,89,109)(H,90,112)(H,91,110)(H,92,111)(H,93,117)(H,94,121)(H,95,115)(H,96,118)(H,97,116)(H,98,113)(H,99,122)(H,100,123)(H,101,120)(H,102,114)(H,103,119)(H,124,125). The van der Waals surface area contributed by atoms with Crippen LogP contribution in [0.5, 0.6) is 0 Å². The van der Waals surface area contributed by atoms with Crippen molar-refractivity contribution in [2.45, 2.75) is 182 Å². The largest absolute Gasteiger partial charge is 0.480 e. The van der Waals surface area contributed by atoms with Gasteiger partial charge in [0.15, 0.2) is 0 Å². The molecule has 43 nitrogen and oxygen atoms in total. The van der Waals surface area contributed by atoms with Crippen LogP contribution in [-0.4, -0.2) is 280 Å². The van der Waals surface area contributed by atoms with Crippen LogP contribution in [0.1, 0.15) is 88.0 Å². The van der Waals surface area contributed by atoms with Crippen LogP contribution in [-0.2, 0) is 112 Å². The van der Waals surface area contributed by atoms with Gasteiger partial charge < -0.3 is 133 Å².